The van der Waals surface area contributed by atoms with Gasteiger partial charge in [-0.2, -0.15) is 13.2 Å². The van der Waals surface area contributed by atoms with Crippen molar-refractivity contribution in [3.8, 4) is 5.75 Å². The number of anilines is 1. The highest BCUT2D eigenvalue weighted by Crippen LogP contribution is 2.30. The van der Waals surface area contributed by atoms with Crippen LogP contribution in [-0.4, -0.2) is 19.6 Å². The third-order valence-corrected chi connectivity index (χ3v) is 3.51. The number of hydrogen-bond acceptors (Lipinski definition) is 3. The van der Waals surface area contributed by atoms with E-state index in [0.29, 0.717) is 13.1 Å². The van der Waals surface area contributed by atoms with Gasteiger partial charge in [-0.15, -0.1) is 0 Å². The summed E-state index contributed by atoms with van der Waals surface area (Å²) in [6.07, 6.45) is -4.29. The minimum Gasteiger partial charge on any atom is -0.496 e. The summed E-state index contributed by atoms with van der Waals surface area (Å²) < 4.78 is 43.2. The van der Waals surface area contributed by atoms with Crippen molar-refractivity contribution < 1.29 is 22.7 Å². The fourth-order valence-corrected chi connectivity index (χ4v) is 2.27. The Morgan fingerprint density at radius 2 is 1.88 bits per heavy atom. The van der Waals surface area contributed by atoms with E-state index in [1.54, 1.807) is 7.11 Å². The maximum atomic E-state index is 12.6. The number of halogens is 3. The zero-order valence-corrected chi connectivity index (χ0v) is 13.7. The smallest absolute Gasteiger partial charge is 0.416 e. The molecule has 2 rings (SSSR count). The SMILES string of the molecule is COc1ccccc1CNCCC(=O)Nc1cccc(C(F)(F)F)c1. The molecule has 2 aromatic carbocycles. The van der Waals surface area contributed by atoms with Crippen LogP contribution < -0.4 is 15.4 Å². The Balaban J connectivity index is 1.79. The van der Waals surface area contributed by atoms with Crippen LogP contribution in [0.25, 0.3) is 0 Å². The maximum Gasteiger partial charge on any atom is 0.416 e. The van der Waals surface area contributed by atoms with E-state index >= 15 is 0 Å². The molecule has 0 saturated heterocycles. The lowest BCUT2D eigenvalue weighted by atomic mass is 10.2. The molecule has 0 fully saturated rings. The van der Waals surface area contributed by atoms with E-state index in [0.717, 1.165) is 23.4 Å². The Kier molecular flexibility index (Phi) is 6.41. The molecular formula is C18H19F3N2O2. The number of alkyl halides is 3. The van der Waals surface area contributed by atoms with Crippen LogP contribution in [0.1, 0.15) is 17.5 Å². The number of ether oxygens (including phenoxy) is 1. The summed E-state index contributed by atoms with van der Waals surface area (Å²) in [5.41, 5.74) is 0.299. The van der Waals surface area contributed by atoms with Crippen LogP contribution >= 0.6 is 0 Å². The predicted molar refractivity (Wildman–Crippen MR) is 89.4 cm³/mol. The number of nitrogens with one attached hydrogen (secondary N) is 2. The molecule has 0 aliphatic heterocycles. The first-order valence-corrected chi connectivity index (χ1v) is 7.70. The molecule has 0 spiro atoms. The summed E-state index contributed by atoms with van der Waals surface area (Å²) in [7, 11) is 1.58. The van der Waals surface area contributed by atoms with Gasteiger partial charge in [0.15, 0.2) is 0 Å². The zero-order chi connectivity index (χ0) is 18.3. The fourth-order valence-electron chi connectivity index (χ4n) is 2.27. The second-order valence-corrected chi connectivity index (χ2v) is 5.37. The van der Waals surface area contributed by atoms with Gasteiger partial charge < -0.3 is 15.4 Å². The quantitative estimate of drug-likeness (QED) is 0.745. The number of hydrogen-bond donors (Lipinski definition) is 2. The molecule has 7 heteroatoms. The average Bonchev–Trinajstić information content (AvgIpc) is 2.58. The van der Waals surface area contributed by atoms with Gasteiger partial charge in [0.25, 0.3) is 0 Å². The number of methoxy groups -OCH3 is 1. The van der Waals surface area contributed by atoms with Crippen molar-refractivity contribution in [3.05, 3.63) is 59.7 Å². The van der Waals surface area contributed by atoms with Crippen molar-refractivity contribution in [2.24, 2.45) is 0 Å². The Labute approximate surface area is 144 Å². The van der Waals surface area contributed by atoms with Crippen LogP contribution in [0.5, 0.6) is 5.75 Å². The third kappa shape index (κ3) is 5.79. The molecule has 25 heavy (non-hydrogen) atoms. The van der Waals surface area contributed by atoms with Gasteiger partial charge >= 0.3 is 6.18 Å². The number of benzene rings is 2. The monoisotopic (exact) mass is 352 g/mol. The van der Waals surface area contributed by atoms with Crippen molar-refractivity contribution in [3.63, 3.8) is 0 Å². The Morgan fingerprint density at radius 1 is 1.12 bits per heavy atom. The number of rotatable bonds is 7. The molecule has 0 aliphatic carbocycles. The van der Waals surface area contributed by atoms with Crippen molar-refractivity contribution in [2.75, 3.05) is 19.0 Å². The molecule has 1 amide bonds. The van der Waals surface area contributed by atoms with Crippen molar-refractivity contribution >= 4 is 11.6 Å². The standard InChI is InChI=1S/C18H19F3N2O2/c1-25-16-8-3-2-5-13(16)12-22-10-9-17(24)23-15-7-4-6-14(11-15)18(19,20)21/h2-8,11,22H,9-10,12H2,1H3,(H,23,24). The normalized spacial score (nSPS) is 11.2. The molecule has 2 N–H and O–H groups in total. The summed E-state index contributed by atoms with van der Waals surface area (Å²) >= 11 is 0. The Bertz CT molecular complexity index is 717. The van der Waals surface area contributed by atoms with Crippen LogP contribution in [0.3, 0.4) is 0 Å². The maximum absolute atomic E-state index is 12.6. The van der Waals surface area contributed by atoms with Gasteiger partial charge in [-0.3, -0.25) is 4.79 Å². The second-order valence-electron chi connectivity index (χ2n) is 5.37. The molecule has 0 aromatic heterocycles. The van der Waals surface area contributed by atoms with E-state index in [4.69, 9.17) is 4.74 Å². The molecule has 0 heterocycles. The first-order chi connectivity index (χ1) is 11.9. The molecule has 0 unspecified atom stereocenters. The van der Waals surface area contributed by atoms with Crippen LogP contribution in [0, 0.1) is 0 Å². The Hall–Kier alpha value is -2.54. The molecule has 4 nitrogen and oxygen atoms in total. The molecule has 0 aliphatic rings. The van der Waals surface area contributed by atoms with Crippen LogP contribution in [-0.2, 0) is 17.5 Å². The minimum absolute atomic E-state index is 0.129. The van der Waals surface area contributed by atoms with Crippen LogP contribution in [0.4, 0.5) is 18.9 Å². The van der Waals surface area contributed by atoms with E-state index in [-0.39, 0.29) is 18.0 Å². The highest BCUT2D eigenvalue weighted by Gasteiger charge is 2.30. The lowest BCUT2D eigenvalue weighted by molar-refractivity contribution is -0.137. The van der Waals surface area contributed by atoms with E-state index < -0.39 is 11.7 Å². The van der Waals surface area contributed by atoms with Gasteiger partial charge in [0.2, 0.25) is 5.91 Å². The lowest BCUT2D eigenvalue weighted by Gasteiger charge is -2.11. The first-order valence-electron chi connectivity index (χ1n) is 7.70. The molecular weight excluding hydrogens is 333 g/mol. The predicted octanol–water partition coefficient (Wildman–Crippen LogP) is 3.83. The number of amides is 1. The molecule has 0 radical (unpaired) electrons. The minimum atomic E-state index is -4.43. The number of carbonyl (C=O) groups is 1. The van der Waals surface area contributed by atoms with Gasteiger partial charge in [-0.1, -0.05) is 24.3 Å². The summed E-state index contributed by atoms with van der Waals surface area (Å²) in [6.45, 7) is 0.920. The van der Waals surface area contributed by atoms with Gasteiger partial charge in [0.05, 0.1) is 12.7 Å². The second kappa shape index (κ2) is 8.53. The molecule has 0 bridgehead atoms. The van der Waals surface area contributed by atoms with E-state index in [1.807, 2.05) is 24.3 Å². The van der Waals surface area contributed by atoms with Gasteiger partial charge in [0.1, 0.15) is 5.75 Å². The molecule has 0 saturated carbocycles. The van der Waals surface area contributed by atoms with Gasteiger partial charge in [0, 0.05) is 30.8 Å². The fraction of sp³-hybridized carbons (Fsp3) is 0.278. The summed E-state index contributed by atoms with van der Waals surface area (Å²) in [5.74, 6) is 0.398. The van der Waals surface area contributed by atoms with Crippen LogP contribution in [0.2, 0.25) is 0 Å². The summed E-state index contributed by atoms with van der Waals surface area (Å²) in [4.78, 5) is 11.9. The Morgan fingerprint density at radius 3 is 2.60 bits per heavy atom. The van der Waals surface area contributed by atoms with E-state index in [1.165, 1.54) is 12.1 Å². The first kappa shape index (κ1) is 18.8. The summed E-state index contributed by atoms with van der Waals surface area (Å²) in [5, 5.41) is 5.58. The molecule has 0 atom stereocenters. The molecule has 134 valence electrons. The number of carbonyl (C=O) groups excluding carboxylic acids is 1. The third-order valence-electron chi connectivity index (χ3n) is 3.51. The largest absolute Gasteiger partial charge is 0.496 e. The van der Waals surface area contributed by atoms with Gasteiger partial charge in [-0.05, 0) is 24.3 Å². The topological polar surface area (TPSA) is 50.4 Å². The highest BCUT2D eigenvalue weighted by molar-refractivity contribution is 5.90. The van der Waals surface area contributed by atoms with Gasteiger partial charge in [-0.25, -0.2) is 0 Å². The van der Waals surface area contributed by atoms with E-state index in [2.05, 4.69) is 10.6 Å². The van der Waals surface area contributed by atoms with Crippen LogP contribution in [0.15, 0.2) is 48.5 Å². The van der Waals surface area contributed by atoms with Crippen molar-refractivity contribution in [1.82, 2.24) is 5.32 Å². The highest BCUT2D eigenvalue weighted by atomic mass is 19.4. The molecule has 2 aromatic rings. The van der Waals surface area contributed by atoms with E-state index in [9.17, 15) is 18.0 Å². The zero-order valence-electron chi connectivity index (χ0n) is 13.7. The average molecular weight is 352 g/mol. The van der Waals surface area contributed by atoms with Crippen molar-refractivity contribution in [2.45, 2.75) is 19.1 Å². The summed E-state index contributed by atoms with van der Waals surface area (Å²) in [6, 6.07) is 12.1. The number of para-hydroxylation sites is 1. The lowest BCUT2D eigenvalue weighted by Crippen LogP contribution is -2.22. The van der Waals surface area contributed by atoms with Crippen molar-refractivity contribution in [1.29, 1.82) is 0 Å².